The molecule has 32 heavy (non-hydrogen) atoms. The van der Waals surface area contributed by atoms with Crippen LogP contribution in [0.1, 0.15) is 52.5 Å². The van der Waals surface area contributed by atoms with Gasteiger partial charge in [-0.1, -0.05) is 25.4 Å². The molecule has 0 saturated heterocycles. The number of pyridine rings is 1. The van der Waals surface area contributed by atoms with Crippen molar-refractivity contribution in [2.24, 2.45) is 0 Å². The fraction of sp³-hybridized carbons (Fsp3) is 0.435. The first kappa shape index (κ1) is 24.1. The zero-order valence-corrected chi connectivity index (χ0v) is 20.6. The van der Waals surface area contributed by atoms with E-state index in [1.54, 1.807) is 29.7 Å². The van der Waals surface area contributed by atoms with Crippen molar-refractivity contribution in [2.75, 3.05) is 6.61 Å². The van der Waals surface area contributed by atoms with Gasteiger partial charge in [-0.25, -0.2) is 14.8 Å². The summed E-state index contributed by atoms with van der Waals surface area (Å²) in [5, 5.41) is 4.30. The fourth-order valence-electron chi connectivity index (χ4n) is 2.69. The number of carbonyl (C=O) groups is 1. The Hall–Kier alpha value is -2.58. The molecule has 9 heteroatoms. The van der Waals surface area contributed by atoms with E-state index in [0.29, 0.717) is 28.3 Å². The van der Waals surface area contributed by atoms with Gasteiger partial charge in [0.2, 0.25) is 5.88 Å². The van der Waals surface area contributed by atoms with Crippen LogP contribution in [0.3, 0.4) is 0 Å². The van der Waals surface area contributed by atoms with E-state index in [4.69, 9.17) is 25.8 Å². The van der Waals surface area contributed by atoms with E-state index in [2.05, 4.69) is 29.1 Å². The number of rotatable bonds is 7. The third-order valence-corrected chi connectivity index (χ3v) is 6.03. The number of ether oxygens (including phenoxy) is 3. The second kappa shape index (κ2) is 9.92. The van der Waals surface area contributed by atoms with Crippen LogP contribution in [0.15, 0.2) is 30.5 Å². The minimum atomic E-state index is -0.549. The summed E-state index contributed by atoms with van der Waals surface area (Å²) in [6.45, 7) is 11.7. The monoisotopic (exact) mass is 477 g/mol. The highest BCUT2D eigenvalue weighted by Crippen LogP contribution is 2.39. The molecule has 0 aliphatic rings. The van der Waals surface area contributed by atoms with Gasteiger partial charge in [-0.3, -0.25) is 0 Å². The first-order valence-corrected chi connectivity index (χ1v) is 11.6. The molecule has 0 saturated carbocycles. The fourth-order valence-corrected chi connectivity index (χ4v) is 4.00. The highest BCUT2D eigenvalue weighted by atomic mass is 35.5. The Bertz CT molecular complexity index is 1080. The molecule has 3 aromatic rings. The van der Waals surface area contributed by atoms with Crippen LogP contribution < -0.4 is 14.8 Å². The molecule has 1 atom stereocenters. The molecule has 0 unspecified atom stereocenters. The van der Waals surface area contributed by atoms with Crippen LogP contribution in [0, 0.1) is 0 Å². The lowest BCUT2D eigenvalue weighted by molar-refractivity contribution is 0.0493. The van der Waals surface area contributed by atoms with Gasteiger partial charge in [0, 0.05) is 12.0 Å². The van der Waals surface area contributed by atoms with E-state index in [9.17, 15) is 4.79 Å². The quantitative estimate of drug-likeness (QED) is 0.415. The number of aromatic nitrogens is 2. The summed E-state index contributed by atoms with van der Waals surface area (Å²) in [6.07, 6.45) is 1.08. The molecule has 1 N–H and O–H groups in total. The Morgan fingerprint density at radius 3 is 2.56 bits per heavy atom. The van der Waals surface area contributed by atoms with E-state index < -0.39 is 11.7 Å². The van der Waals surface area contributed by atoms with Gasteiger partial charge in [-0.15, -0.1) is 11.3 Å². The largest absolute Gasteiger partial charge is 0.475 e. The molecule has 0 aliphatic carbocycles. The number of nitrogens with zero attached hydrogens (tertiary/aromatic N) is 2. The number of halogens is 1. The molecule has 0 fully saturated rings. The van der Waals surface area contributed by atoms with Crippen LogP contribution in [0.2, 0.25) is 5.02 Å². The third kappa shape index (κ3) is 6.46. The first-order chi connectivity index (χ1) is 15.0. The zero-order chi connectivity index (χ0) is 23.5. The minimum absolute atomic E-state index is 0.247. The van der Waals surface area contributed by atoms with Crippen LogP contribution >= 0.6 is 22.9 Å². The van der Waals surface area contributed by atoms with Gasteiger partial charge < -0.3 is 19.5 Å². The molecule has 0 aliphatic heterocycles. The van der Waals surface area contributed by atoms with Crippen molar-refractivity contribution < 1.29 is 19.0 Å². The maximum Gasteiger partial charge on any atom is 0.407 e. The molecule has 2 heterocycles. The van der Waals surface area contributed by atoms with Gasteiger partial charge in [-0.2, -0.15) is 0 Å². The van der Waals surface area contributed by atoms with Crippen LogP contribution in [0.4, 0.5) is 4.79 Å². The molecule has 1 amide bonds. The van der Waals surface area contributed by atoms with Crippen LogP contribution in [-0.2, 0) is 4.74 Å². The summed E-state index contributed by atoms with van der Waals surface area (Å²) in [5.74, 6) is 1.84. The summed E-state index contributed by atoms with van der Waals surface area (Å²) in [7, 11) is 0. The number of hydrogen-bond donors (Lipinski definition) is 1. The second-order valence-corrected chi connectivity index (χ2v) is 10.1. The molecule has 0 bridgehead atoms. The summed E-state index contributed by atoms with van der Waals surface area (Å²) in [4.78, 5) is 20.7. The van der Waals surface area contributed by atoms with Crippen molar-refractivity contribution in [1.29, 1.82) is 0 Å². The SMILES string of the molecule is CC(C)c1nc2ccc(Oc3ccc(OC[C@H](C)NC(=O)OC(C)(C)C)nc3)c(Cl)c2s1. The minimum Gasteiger partial charge on any atom is -0.475 e. The van der Waals surface area contributed by atoms with E-state index >= 15 is 0 Å². The van der Waals surface area contributed by atoms with E-state index in [0.717, 1.165) is 15.2 Å². The Morgan fingerprint density at radius 1 is 1.19 bits per heavy atom. The van der Waals surface area contributed by atoms with Crippen LogP contribution in [0.25, 0.3) is 10.2 Å². The number of nitrogens with one attached hydrogen (secondary N) is 1. The summed E-state index contributed by atoms with van der Waals surface area (Å²) < 4.78 is 17.7. The van der Waals surface area contributed by atoms with Crippen LogP contribution in [0.5, 0.6) is 17.4 Å². The zero-order valence-electron chi connectivity index (χ0n) is 19.1. The molecule has 0 spiro atoms. The Kier molecular flexibility index (Phi) is 7.46. The molecule has 7 nitrogen and oxygen atoms in total. The molecule has 0 radical (unpaired) electrons. The molecular formula is C23H28ClN3O4S. The average molecular weight is 478 g/mol. The molecule has 1 aromatic carbocycles. The smallest absolute Gasteiger partial charge is 0.407 e. The topological polar surface area (TPSA) is 82.6 Å². The van der Waals surface area contributed by atoms with Crippen molar-refractivity contribution >= 4 is 39.2 Å². The number of alkyl carbamates (subject to hydrolysis) is 1. The Labute approximate surface area is 197 Å². The van der Waals surface area contributed by atoms with E-state index in [1.807, 2.05) is 39.8 Å². The number of amides is 1. The third-order valence-electron chi connectivity index (χ3n) is 4.15. The van der Waals surface area contributed by atoms with Gasteiger partial charge >= 0.3 is 6.09 Å². The summed E-state index contributed by atoms with van der Waals surface area (Å²) in [5.41, 5.74) is 0.318. The summed E-state index contributed by atoms with van der Waals surface area (Å²) in [6, 6.07) is 6.92. The lowest BCUT2D eigenvalue weighted by atomic mass is 10.2. The van der Waals surface area contributed by atoms with Crippen molar-refractivity contribution in [2.45, 2.75) is 59.1 Å². The van der Waals surface area contributed by atoms with Crippen molar-refractivity contribution in [1.82, 2.24) is 15.3 Å². The molecular weight excluding hydrogens is 450 g/mol. The highest BCUT2D eigenvalue weighted by Gasteiger charge is 2.18. The van der Waals surface area contributed by atoms with Crippen molar-refractivity contribution in [3.63, 3.8) is 0 Å². The molecule has 3 rings (SSSR count). The molecule has 2 aromatic heterocycles. The number of hydrogen-bond acceptors (Lipinski definition) is 7. The number of thiazole rings is 1. The van der Waals surface area contributed by atoms with Gasteiger partial charge in [-0.05, 0) is 45.9 Å². The number of fused-ring (bicyclic) bond motifs is 1. The Balaban J connectivity index is 1.58. The van der Waals surface area contributed by atoms with Crippen molar-refractivity contribution in [3.8, 4) is 17.4 Å². The molecule has 172 valence electrons. The number of benzene rings is 1. The average Bonchev–Trinajstić information content (AvgIpc) is 3.14. The van der Waals surface area contributed by atoms with Gasteiger partial charge in [0.1, 0.15) is 28.7 Å². The normalized spacial score (nSPS) is 12.6. The number of carbonyl (C=O) groups excluding carboxylic acids is 1. The first-order valence-electron chi connectivity index (χ1n) is 10.4. The van der Waals surface area contributed by atoms with Gasteiger partial charge in [0.25, 0.3) is 0 Å². The Morgan fingerprint density at radius 2 is 1.94 bits per heavy atom. The van der Waals surface area contributed by atoms with E-state index in [1.165, 1.54) is 0 Å². The summed E-state index contributed by atoms with van der Waals surface area (Å²) >= 11 is 8.14. The van der Waals surface area contributed by atoms with Gasteiger partial charge in [0.05, 0.1) is 27.5 Å². The predicted molar refractivity (Wildman–Crippen MR) is 127 cm³/mol. The van der Waals surface area contributed by atoms with E-state index in [-0.39, 0.29) is 12.6 Å². The van der Waals surface area contributed by atoms with Gasteiger partial charge in [0.15, 0.2) is 0 Å². The standard InChI is InChI=1S/C23H28ClN3O4S/c1-13(2)21-27-16-8-9-17(19(24)20(16)32-21)30-15-7-10-18(25-11-15)29-12-14(3)26-22(28)31-23(4,5)6/h7-11,13-14H,12H2,1-6H3,(H,26,28)/t14-/m0/s1. The van der Waals surface area contributed by atoms with Crippen molar-refractivity contribution in [3.05, 3.63) is 40.5 Å². The predicted octanol–water partition coefficient (Wildman–Crippen LogP) is 6.55. The highest BCUT2D eigenvalue weighted by molar-refractivity contribution is 7.19. The lowest BCUT2D eigenvalue weighted by Crippen LogP contribution is -2.40. The maximum atomic E-state index is 11.8. The maximum absolute atomic E-state index is 11.8. The van der Waals surface area contributed by atoms with Crippen LogP contribution in [-0.4, -0.2) is 34.3 Å². The lowest BCUT2D eigenvalue weighted by Gasteiger charge is -2.21. The second-order valence-electron chi connectivity index (χ2n) is 8.73.